The van der Waals surface area contributed by atoms with E-state index in [0.29, 0.717) is 44.6 Å². The van der Waals surface area contributed by atoms with E-state index in [1.807, 2.05) is 97.2 Å². The van der Waals surface area contributed by atoms with Crippen LogP contribution in [-0.2, 0) is 35.1 Å². The van der Waals surface area contributed by atoms with Gasteiger partial charge in [-0.1, -0.05) is 37.3 Å². The number of aryl methyl sites for hydroxylation is 1. The number of fused-ring (bicyclic) bond motifs is 1. The Morgan fingerprint density at radius 3 is 2.50 bits per heavy atom. The van der Waals surface area contributed by atoms with Gasteiger partial charge >= 0.3 is 12.1 Å². The summed E-state index contributed by atoms with van der Waals surface area (Å²) in [6.45, 7) is 14.3. The van der Waals surface area contributed by atoms with Gasteiger partial charge in [-0.15, -0.1) is 5.10 Å². The Kier molecular flexibility index (Phi) is 14.0. The Morgan fingerprint density at radius 1 is 1.11 bits per heavy atom. The Hall–Kier alpha value is -3.89. The SMILES string of the molecule is CC[C@H]1OC(=O)[C@H](C)C(=O)[C@H](C)[C@@H](O[C@@H]2OC(C)CC(N(C)C)C2O)/C(C)=C/CN(C)[C@H](C)[C@H]2N(CCCCn3cc(-c4cccc(N)c4)nn3)C(=O)O[C@]12C. The molecule has 3 unspecified atom stereocenters. The summed E-state index contributed by atoms with van der Waals surface area (Å²) in [5, 5.41) is 19.9. The molecule has 15 nitrogen and oxygen atoms in total. The van der Waals surface area contributed by atoms with Gasteiger partial charge in [0.1, 0.15) is 23.8 Å². The first-order chi connectivity index (χ1) is 26.5. The molecule has 5 rings (SSSR count). The summed E-state index contributed by atoms with van der Waals surface area (Å²) < 4.78 is 26.8. The van der Waals surface area contributed by atoms with E-state index in [4.69, 9.17) is 24.7 Å². The number of benzene rings is 1. The Bertz CT molecular complexity index is 1720. The molecule has 3 N–H and O–H groups in total. The number of likely N-dealkylation sites (N-methyl/N-ethyl adjacent to an activating group) is 2. The quantitative estimate of drug-likeness (QED) is 0.116. The van der Waals surface area contributed by atoms with Gasteiger partial charge in [0.2, 0.25) is 0 Å². The minimum absolute atomic E-state index is 0.180. The molecule has 0 spiro atoms. The predicted molar refractivity (Wildman–Crippen MR) is 211 cm³/mol. The molecule has 2 aromatic rings. The van der Waals surface area contributed by atoms with Crippen LogP contribution in [0.4, 0.5) is 10.5 Å². The molecular weight excluding hydrogens is 718 g/mol. The summed E-state index contributed by atoms with van der Waals surface area (Å²) in [4.78, 5) is 47.5. The van der Waals surface area contributed by atoms with E-state index in [-0.39, 0.29) is 24.0 Å². The van der Waals surface area contributed by atoms with Crippen LogP contribution in [0.15, 0.2) is 42.1 Å². The summed E-state index contributed by atoms with van der Waals surface area (Å²) in [6.07, 6.45) is 2.06. The molecule has 1 aromatic heterocycles. The molecule has 0 aliphatic carbocycles. The van der Waals surface area contributed by atoms with Gasteiger partial charge in [0.15, 0.2) is 17.7 Å². The number of Topliss-reactive ketones (excluding diaryl/α,β-unsaturated/α-hetero) is 1. The summed E-state index contributed by atoms with van der Waals surface area (Å²) in [5.41, 5.74) is 7.78. The molecule has 0 bridgehead atoms. The number of carbonyl (C=O) groups excluding carboxylic acids is 3. The van der Waals surface area contributed by atoms with Gasteiger partial charge in [-0.25, -0.2) is 4.79 Å². The van der Waals surface area contributed by atoms with Crippen LogP contribution in [0.5, 0.6) is 0 Å². The van der Waals surface area contributed by atoms with E-state index in [0.717, 1.165) is 23.3 Å². The number of carbonyl (C=O) groups is 3. The highest BCUT2D eigenvalue weighted by Crippen LogP contribution is 2.40. The fourth-order valence-corrected chi connectivity index (χ4v) is 8.49. The number of unbranched alkanes of at least 4 members (excludes halogenated alkanes) is 1. The second-order valence-corrected chi connectivity index (χ2v) is 16.4. The number of hydrogen-bond acceptors (Lipinski definition) is 13. The minimum Gasteiger partial charge on any atom is -0.458 e. The second-order valence-electron chi connectivity index (χ2n) is 16.4. The lowest BCUT2D eigenvalue weighted by molar-refractivity contribution is -0.267. The van der Waals surface area contributed by atoms with Crippen LogP contribution in [-0.4, -0.2) is 141 Å². The molecule has 310 valence electrons. The van der Waals surface area contributed by atoms with Crippen LogP contribution in [0, 0.1) is 11.8 Å². The lowest BCUT2D eigenvalue weighted by Gasteiger charge is -2.43. The molecule has 56 heavy (non-hydrogen) atoms. The standard InChI is InChI=1S/C41H63N7O8/c1-11-33-41(7)37(48(40(52)56-41)19-13-12-18-47-23-31(43-44-47)29-15-14-16-30(42)22-29)28(6)46(10)20-17-24(2)36(26(4)34(49)27(5)38(51)54-33)55-39-35(50)32(45(8)9)21-25(3)53-39/h14-17,22-23,25-28,32-33,35-37,39,50H,11-13,18-21,42H2,1-10H3/b24-17+/t25?,26-,27+,28+,32?,33+,35?,36-,37+,39-,41+/m0/s1. The average molecular weight is 782 g/mol. The van der Waals surface area contributed by atoms with Crippen molar-refractivity contribution in [1.29, 1.82) is 0 Å². The smallest absolute Gasteiger partial charge is 0.410 e. The number of nitrogens with zero attached hydrogens (tertiary/aromatic N) is 6. The second kappa shape index (κ2) is 18.1. The number of aliphatic hydroxyl groups excluding tert-OH is 1. The summed E-state index contributed by atoms with van der Waals surface area (Å²) in [5.74, 6) is -2.95. The molecule has 2 saturated heterocycles. The maximum Gasteiger partial charge on any atom is 0.410 e. The van der Waals surface area contributed by atoms with Gasteiger partial charge in [0, 0.05) is 48.9 Å². The molecular formula is C41H63N7O8. The molecule has 3 aliphatic rings. The molecule has 2 fully saturated rings. The Balaban J connectivity index is 1.38. The summed E-state index contributed by atoms with van der Waals surface area (Å²) >= 11 is 0. The first-order valence-electron chi connectivity index (χ1n) is 20.0. The zero-order chi connectivity index (χ0) is 41.1. The van der Waals surface area contributed by atoms with E-state index in [9.17, 15) is 19.5 Å². The lowest BCUT2D eigenvalue weighted by Crippen LogP contribution is -2.61. The topological polar surface area (TPSA) is 175 Å². The van der Waals surface area contributed by atoms with Gasteiger partial charge in [-0.3, -0.25) is 24.1 Å². The number of aromatic nitrogens is 3. The number of hydrogen-bond donors (Lipinski definition) is 2. The van der Waals surface area contributed by atoms with Crippen molar-refractivity contribution in [3.05, 3.63) is 42.1 Å². The molecule has 0 saturated carbocycles. The minimum atomic E-state index is -1.20. The highest BCUT2D eigenvalue weighted by Gasteiger charge is 2.59. The third-order valence-electron chi connectivity index (χ3n) is 12.0. The van der Waals surface area contributed by atoms with Crippen molar-refractivity contribution in [2.75, 3.05) is 40.0 Å². The number of esters is 1. The fraction of sp³-hybridized carbons (Fsp3) is 0.683. The number of amides is 1. The highest BCUT2D eigenvalue weighted by molar-refractivity contribution is 6.00. The van der Waals surface area contributed by atoms with Gasteiger partial charge in [-0.05, 0) is 99.2 Å². The van der Waals surface area contributed by atoms with Crippen LogP contribution < -0.4 is 5.73 Å². The van der Waals surface area contributed by atoms with Gasteiger partial charge < -0.3 is 34.7 Å². The van der Waals surface area contributed by atoms with Crippen LogP contribution in [0.3, 0.4) is 0 Å². The van der Waals surface area contributed by atoms with E-state index >= 15 is 0 Å². The van der Waals surface area contributed by atoms with Crippen LogP contribution in [0.2, 0.25) is 0 Å². The third kappa shape index (κ3) is 9.28. The zero-order valence-electron chi connectivity index (χ0n) is 34.8. The summed E-state index contributed by atoms with van der Waals surface area (Å²) in [7, 11) is 5.78. The maximum absolute atomic E-state index is 14.1. The van der Waals surface area contributed by atoms with Crippen molar-refractivity contribution in [1.82, 2.24) is 29.7 Å². The van der Waals surface area contributed by atoms with Crippen molar-refractivity contribution >= 4 is 23.5 Å². The molecule has 3 aliphatic heterocycles. The molecule has 1 amide bonds. The molecule has 15 heteroatoms. The third-order valence-corrected chi connectivity index (χ3v) is 12.0. The predicted octanol–water partition coefficient (Wildman–Crippen LogP) is 4.14. The van der Waals surface area contributed by atoms with E-state index in [2.05, 4.69) is 15.2 Å². The van der Waals surface area contributed by atoms with Crippen LogP contribution in [0.25, 0.3) is 11.3 Å². The van der Waals surface area contributed by atoms with Crippen molar-refractivity contribution in [3.8, 4) is 11.3 Å². The Morgan fingerprint density at radius 2 is 1.82 bits per heavy atom. The van der Waals surface area contributed by atoms with Crippen molar-refractivity contribution in [3.63, 3.8) is 0 Å². The fourth-order valence-electron chi connectivity index (χ4n) is 8.49. The molecule has 4 heterocycles. The number of nitrogens with two attached hydrogens (primary N) is 1. The van der Waals surface area contributed by atoms with Crippen molar-refractivity contribution < 1.29 is 38.4 Å². The van der Waals surface area contributed by atoms with Crippen molar-refractivity contribution in [2.24, 2.45) is 11.8 Å². The monoisotopic (exact) mass is 781 g/mol. The van der Waals surface area contributed by atoms with Crippen LogP contribution >= 0.6 is 0 Å². The first kappa shape index (κ1) is 43.2. The average Bonchev–Trinajstić information content (AvgIpc) is 3.74. The molecule has 1 aromatic carbocycles. The van der Waals surface area contributed by atoms with Gasteiger partial charge in [-0.2, -0.15) is 0 Å². The first-order valence-corrected chi connectivity index (χ1v) is 20.0. The van der Waals surface area contributed by atoms with E-state index in [1.165, 1.54) is 0 Å². The van der Waals surface area contributed by atoms with E-state index < -0.39 is 60.1 Å². The van der Waals surface area contributed by atoms with Crippen molar-refractivity contribution in [2.45, 2.75) is 135 Å². The number of cyclic esters (lactones) is 1. The molecule has 0 radical (unpaired) electrons. The van der Waals surface area contributed by atoms with Gasteiger partial charge in [0.25, 0.3) is 0 Å². The van der Waals surface area contributed by atoms with E-state index in [1.54, 1.807) is 23.4 Å². The number of rotatable bonds is 10. The maximum atomic E-state index is 14.1. The number of anilines is 1. The molecule has 11 atom stereocenters. The lowest BCUT2D eigenvalue weighted by atomic mass is 9.83. The number of ether oxygens (including phenoxy) is 4. The van der Waals surface area contributed by atoms with Crippen LogP contribution in [0.1, 0.15) is 74.1 Å². The largest absolute Gasteiger partial charge is 0.458 e. The zero-order valence-corrected chi connectivity index (χ0v) is 34.8. The Labute approximate surface area is 331 Å². The number of nitrogen functional groups attached to an aromatic ring is 1. The highest BCUT2D eigenvalue weighted by atomic mass is 16.7. The van der Waals surface area contributed by atoms with Gasteiger partial charge in [0.05, 0.1) is 24.4 Å². The number of aliphatic hydroxyl groups is 1. The normalized spacial score (nSPS) is 34.8. The summed E-state index contributed by atoms with van der Waals surface area (Å²) in [6, 6.07) is 6.55. The number of ketones is 1.